The van der Waals surface area contributed by atoms with Gasteiger partial charge >= 0.3 is 6.18 Å². The molecule has 88 valence electrons. The maximum absolute atomic E-state index is 12.3. The van der Waals surface area contributed by atoms with Crippen LogP contribution in [0.15, 0.2) is 24.3 Å². The Morgan fingerprint density at radius 2 is 1.69 bits per heavy atom. The Hall–Kier alpha value is -1.03. The average molecular weight is 229 g/mol. The highest BCUT2D eigenvalue weighted by Crippen LogP contribution is 2.38. The van der Waals surface area contributed by atoms with E-state index in [9.17, 15) is 13.2 Å². The molecule has 4 heteroatoms. The quantitative estimate of drug-likeness (QED) is 0.821. The van der Waals surface area contributed by atoms with E-state index in [4.69, 9.17) is 0 Å². The van der Waals surface area contributed by atoms with Gasteiger partial charge in [-0.1, -0.05) is 12.1 Å². The summed E-state index contributed by atoms with van der Waals surface area (Å²) in [6, 6.07) is 6.05. The number of nitrogens with one attached hydrogen (secondary N) is 1. The minimum absolute atomic E-state index is 0.416. The summed E-state index contributed by atoms with van der Waals surface area (Å²) >= 11 is 0. The molecule has 0 heterocycles. The Labute approximate surface area is 92.7 Å². The van der Waals surface area contributed by atoms with E-state index in [1.165, 1.54) is 12.1 Å². The van der Waals surface area contributed by atoms with Crippen LogP contribution in [0.2, 0.25) is 0 Å². The molecule has 1 fully saturated rings. The first-order valence-corrected chi connectivity index (χ1v) is 5.35. The van der Waals surface area contributed by atoms with Crippen LogP contribution in [0.25, 0.3) is 0 Å². The van der Waals surface area contributed by atoms with E-state index >= 15 is 0 Å². The van der Waals surface area contributed by atoms with Crippen LogP contribution in [0.3, 0.4) is 0 Å². The lowest BCUT2D eigenvalue weighted by Crippen LogP contribution is -2.37. The predicted octanol–water partition coefficient (Wildman–Crippen LogP) is 3.17. The summed E-state index contributed by atoms with van der Waals surface area (Å²) in [6.45, 7) is 0. The SMILES string of the molecule is CNC1CC(c2ccc(C(F)(F)F)cc2)C1. The van der Waals surface area contributed by atoms with Gasteiger partial charge in [0.1, 0.15) is 0 Å². The second kappa shape index (κ2) is 4.09. The predicted molar refractivity (Wildman–Crippen MR) is 56.3 cm³/mol. The molecule has 1 aliphatic carbocycles. The lowest BCUT2D eigenvalue weighted by molar-refractivity contribution is -0.137. The molecule has 1 aliphatic rings. The van der Waals surface area contributed by atoms with Gasteiger partial charge in [-0.3, -0.25) is 0 Å². The van der Waals surface area contributed by atoms with E-state index < -0.39 is 11.7 Å². The Morgan fingerprint density at radius 1 is 1.12 bits per heavy atom. The monoisotopic (exact) mass is 229 g/mol. The van der Waals surface area contributed by atoms with Crippen LogP contribution in [0, 0.1) is 0 Å². The van der Waals surface area contributed by atoms with Crippen LogP contribution in [-0.2, 0) is 6.18 Å². The van der Waals surface area contributed by atoms with Crippen molar-refractivity contribution in [2.24, 2.45) is 0 Å². The van der Waals surface area contributed by atoms with Gasteiger partial charge in [-0.05, 0) is 43.5 Å². The van der Waals surface area contributed by atoms with Crippen LogP contribution < -0.4 is 5.32 Å². The molecule has 0 unspecified atom stereocenters. The minimum atomic E-state index is -4.23. The Kier molecular flexibility index (Phi) is 2.93. The number of alkyl halides is 3. The van der Waals surface area contributed by atoms with Crippen molar-refractivity contribution in [2.75, 3.05) is 7.05 Å². The maximum Gasteiger partial charge on any atom is 0.416 e. The first-order chi connectivity index (χ1) is 7.50. The molecule has 0 spiro atoms. The molecular weight excluding hydrogens is 215 g/mol. The molecule has 0 amide bonds. The van der Waals surface area contributed by atoms with E-state index in [0.29, 0.717) is 12.0 Å². The molecule has 16 heavy (non-hydrogen) atoms. The van der Waals surface area contributed by atoms with Crippen molar-refractivity contribution in [3.63, 3.8) is 0 Å². The van der Waals surface area contributed by atoms with Gasteiger partial charge in [0, 0.05) is 6.04 Å². The van der Waals surface area contributed by atoms with Gasteiger partial charge < -0.3 is 5.32 Å². The van der Waals surface area contributed by atoms with Gasteiger partial charge in [0.05, 0.1) is 5.56 Å². The van der Waals surface area contributed by atoms with E-state index in [1.54, 1.807) is 12.1 Å². The fraction of sp³-hybridized carbons (Fsp3) is 0.500. The molecule has 0 aliphatic heterocycles. The molecule has 1 aromatic carbocycles. The van der Waals surface area contributed by atoms with Crippen molar-refractivity contribution in [1.29, 1.82) is 0 Å². The summed E-state index contributed by atoms with van der Waals surface area (Å²) in [5, 5.41) is 3.16. The molecule has 0 aromatic heterocycles. The first-order valence-electron chi connectivity index (χ1n) is 5.35. The van der Waals surface area contributed by atoms with Gasteiger partial charge in [-0.2, -0.15) is 13.2 Å². The fourth-order valence-corrected chi connectivity index (χ4v) is 2.07. The lowest BCUT2D eigenvalue weighted by atomic mass is 9.76. The molecule has 0 saturated heterocycles. The third kappa shape index (κ3) is 2.21. The van der Waals surface area contributed by atoms with E-state index in [2.05, 4.69) is 5.32 Å². The van der Waals surface area contributed by atoms with Gasteiger partial charge in [0.25, 0.3) is 0 Å². The number of benzene rings is 1. The highest BCUT2D eigenvalue weighted by atomic mass is 19.4. The highest BCUT2D eigenvalue weighted by molar-refractivity contribution is 5.28. The zero-order valence-corrected chi connectivity index (χ0v) is 9.01. The lowest BCUT2D eigenvalue weighted by Gasteiger charge is -2.35. The third-order valence-electron chi connectivity index (χ3n) is 3.26. The highest BCUT2D eigenvalue weighted by Gasteiger charge is 2.32. The minimum Gasteiger partial charge on any atom is -0.317 e. The van der Waals surface area contributed by atoms with Crippen LogP contribution in [-0.4, -0.2) is 13.1 Å². The van der Waals surface area contributed by atoms with Gasteiger partial charge in [0.15, 0.2) is 0 Å². The number of halogens is 3. The van der Waals surface area contributed by atoms with Gasteiger partial charge in [-0.25, -0.2) is 0 Å². The van der Waals surface area contributed by atoms with Gasteiger partial charge in [-0.15, -0.1) is 0 Å². The molecular formula is C12H14F3N. The summed E-state index contributed by atoms with van der Waals surface area (Å²) in [6.07, 6.45) is -2.20. The zero-order chi connectivity index (χ0) is 11.8. The number of rotatable bonds is 2. The first kappa shape index (κ1) is 11.5. The van der Waals surface area contributed by atoms with Crippen LogP contribution >= 0.6 is 0 Å². The summed E-state index contributed by atoms with van der Waals surface area (Å²) in [4.78, 5) is 0. The van der Waals surface area contributed by atoms with Crippen LogP contribution in [0.5, 0.6) is 0 Å². The van der Waals surface area contributed by atoms with Crippen molar-refractivity contribution in [2.45, 2.75) is 31.0 Å². The molecule has 0 atom stereocenters. The Morgan fingerprint density at radius 3 is 2.12 bits per heavy atom. The van der Waals surface area contributed by atoms with E-state index in [0.717, 1.165) is 18.4 Å². The number of hydrogen-bond donors (Lipinski definition) is 1. The second-order valence-electron chi connectivity index (χ2n) is 4.27. The fourth-order valence-electron chi connectivity index (χ4n) is 2.07. The molecule has 1 nitrogen and oxygen atoms in total. The van der Waals surface area contributed by atoms with Crippen LogP contribution in [0.4, 0.5) is 13.2 Å². The molecule has 1 N–H and O–H groups in total. The van der Waals surface area contributed by atoms with Crippen molar-refractivity contribution in [3.8, 4) is 0 Å². The Bertz CT molecular complexity index is 350. The molecule has 0 radical (unpaired) electrons. The topological polar surface area (TPSA) is 12.0 Å². The van der Waals surface area contributed by atoms with Gasteiger partial charge in [0.2, 0.25) is 0 Å². The van der Waals surface area contributed by atoms with Crippen molar-refractivity contribution in [1.82, 2.24) is 5.32 Å². The third-order valence-corrected chi connectivity index (χ3v) is 3.26. The Balaban J connectivity index is 2.04. The molecule has 1 aromatic rings. The molecule has 2 rings (SSSR count). The van der Waals surface area contributed by atoms with E-state index in [1.807, 2.05) is 7.05 Å². The number of hydrogen-bond acceptors (Lipinski definition) is 1. The van der Waals surface area contributed by atoms with Crippen molar-refractivity contribution in [3.05, 3.63) is 35.4 Å². The largest absolute Gasteiger partial charge is 0.416 e. The van der Waals surface area contributed by atoms with Crippen LogP contribution in [0.1, 0.15) is 29.9 Å². The normalized spacial score (nSPS) is 25.2. The average Bonchev–Trinajstić information content (AvgIpc) is 2.15. The smallest absolute Gasteiger partial charge is 0.317 e. The zero-order valence-electron chi connectivity index (χ0n) is 9.01. The van der Waals surface area contributed by atoms with E-state index in [-0.39, 0.29) is 0 Å². The summed E-state index contributed by atoms with van der Waals surface area (Å²) in [7, 11) is 1.91. The summed E-state index contributed by atoms with van der Waals surface area (Å²) < 4.78 is 37.0. The standard InChI is InChI=1S/C12H14F3N/c1-16-11-6-9(7-11)8-2-4-10(5-3-8)12(13,14)15/h2-5,9,11,16H,6-7H2,1H3. The molecule has 0 bridgehead atoms. The molecule has 1 saturated carbocycles. The summed E-state index contributed by atoms with van der Waals surface area (Å²) in [5.41, 5.74) is 0.445. The van der Waals surface area contributed by atoms with Crippen molar-refractivity contribution >= 4 is 0 Å². The maximum atomic E-state index is 12.3. The summed E-state index contributed by atoms with van der Waals surface area (Å²) in [5.74, 6) is 0.416. The second-order valence-corrected chi connectivity index (χ2v) is 4.27. The van der Waals surface area contributed by atoms with Crippen molar-refractivity contribution < 1.29 is 13.2 Å².